The van der Waals surface area contributed by atoms with Crippen LogP contribution in [0.2, 0.25) is 5.02 Å². The summed E-state index contributed by atoms with van der Waals surface area (Å²) < 4.78 is 4.96. The molecule has 0 saturated carbocycles. The van der Waals surface area contributed by atoms with E-state index in [4.69, 9.17) is 16.0 Å². The summed E-state index contributed by atoms with van der Waals surface area (Å²) in [4.78, 5) is 27.1. The second-order valence-electron chi connectivity index (χ2n) is 5.87. The van der Waals surface area contributed by atoms with E-state index in [0.717, 1.165) is 36.9 Å². The van der Waals surface area contributed by atoms with Gasteiger partial charge in [-0.1, -0.05) is 17.7 Å². The highest BCUT2D eigenvalue weighted by Crippen LogP contribution is 2.19. The monoisotopic (exact) mass is 363 g/mol. The van der Waals surface area contributed by atoms with Gasteiger partial charge < -0.3 is 14.2 Å². The van der Waals surface area contributed by atoms with E-state index in [9.17, 15) is 9.59 Å². The lowest BCUT2D eigenvalue weighted by molar-refractivity contribution is -0.892. The average Bonchev–Trinajstić information content (AvgIpc) is 3.15. The van der Waals surface area contributed by atoms with Crippen LogP contribution in [0.1, 0.15) is 10.6 Å². The molecule has 0 bridgehead atoms. The number of hydrogen-bond acceptors (Lipinski definition) is 4. The maximum absolute atomic E-state index is 12.0. The summed E-state index contributed by atoms with van der Waals surface area (Å²) >= 11 is 6.03. The smallest absolute Gasteiger partial charge is 0.305 e. The number of furan rings is 1. The number of hydrazine groups is 1. The SMILES string of the molecule is O=C(C[NH+]1CCN(c2cccc(Cl)c2)CC1)NNC(=O)c1ccco1. The summed E-state index contributed by atoms with van der Waals surface area (Å²) in [5.74, 6) is -0.548. The van der Waals surface area contributed by atoms with Crippen LogP contribution in [0.25, 0.3) is 0 Å². The van der Waals surface area contributed by atoms with Crippen LogP contribution >= 0.6 is 11.6 Å². The summed E-state index contributed by atoms with van der Waals surface area (Å²) in [6.45, 7) is 3.68. The molecule has 1 aromatic heterocycles. The van der Waals surface area contributed by atoms with Gasteiger partial charge in [0.2, 0.25) is 0 Å². The van der Waals surface area contributed by atoms with Crippen molar-refractivity contribution in [3.63, 3.8) is 0 Å². The van der Waals surface area contributed by atoms with Crippen molar-refractivity contribution in [3.8, 4) is 0 Å². The Bertz CT molecular complexity index is 727. The van der Waals surface area contributed by atoms with E-state index in [1.807, 2.05) is 24.3 Å². The summed E-state index contributed by atoms with van der Waals surface area (Å²) in [6, 6.07) is 10.9. The Morgan fingerprint density at radius 2 is 1.96 bits per heavy atom. The number of carbonyl (C=O) groups is 2. The predicted octanol–water partition coefficient (Wildman–Crippen LogP) is 0.0991. The minimum absolute atomic E-state index is 0.155. The zero-order chi connectivity index (χ0) is 17.6. The van der Waals surface area contributed by atoms with E-state index in [1.54, 1.807) is 6.07 Å². The van der Waals surface area contributed by atoms with Crippen molar-refractivity contribution in [2.75, 3.05) is 37.6 Å². The molecule has 3 N–H and O–H groups in total. The molecule has 2 aromatic rings. The molecule has 7 nitrogen and oxygen atoms in total. The highest BCUT2D eigenvalue weighted by Gasteiger charge is 2.22. The van der Waals surface area contributed by atoms with Crippen LogP contribution in [0, 0.1) is 0 Å². The molecule has 0 spiro atoms. The minimum atomic E-state index is -0.473. The third-order valence-corrected chi connectivity index (χ3v) is 4.35. The number of hydrogen-bond donors (Lipinski definition) is 3. The molecule has 1 aliphatic heterocycles. The van der Waals surface area contributed by atoms with Crippen LogP contribution in [0.3, 0.4) is 0 Å². The topological polar surface area (TPSA) is 79.0 Å². The number of quaternary nitrogens is 1. The van der Waals surface area contributed by atoms with Crippen LogP contribution in [-0.4, -0.2) is 44.5 Å². The lowest BCUT2D eigenvalue weighted by Gasteiger charge is -2.33. The standard InChI is InChI=1S/C17H19ClN4O3/c18-13-3-1-4-14(11-13)22-8-6-21(7-9-22)12-16(23)19-20-17(24)15-5-2-10-25-15/h1-5,10-11H,6-9,12H2,(H,19,23)(H,20,24)/p+1. The van der Waals surface area contributed by atoms with Crippen LogP contribution in [0.15, 0.2) is 47.1 Å². The summed E-state index contributed by atoms with van der Waals surface area (Å²) in [6.07, 6.45) is 1.40. The Morgan fingerprint density at radius 1 is 1.16 bits per heavy atom. The molecule has 1 aliphatic rings. The fraction of sp³-hybridized carbons (Fsp3) is 0.294. The van der Waals surface area contributed by atoms with Crippen molar-refractivity contribution in [3.05, 3.63) is 53.4 Å². The molecule has 1 aromatic carbocycles. The zero-order valence-electron chi connectivity index (χ0n) is 13.6. The first-order valence-corrected chi connectivity index (χ1v) is 8.46. The van der Waals surface area contributed by atoms with E-state index in [-0.39, 0.29) is 11.7 Å². The van der Waals surface area contributed by atoms with E-state index in [2.05, 4.69) is 15.8 Å². The van der Waals surface area contributed by atoms with Crippen molar-refractivity contribution in [2.45, 2.75) is 0 Å². The maximum atomic E-state index is 12.0. The van der Waals surface area contributed by atoms with E-state index < -0.39 is 5.91 Å². The second kappa shape index (κ2) is 8.04. The first kappa shape index (κ1) is 17.3. The van der Waals surface area contributed by atoms with Crippen molar-refractivity contribution in [1.82, 2.24) is 10.9 Å². The molecule has 0 unspecified atom stereocenters. The Labute approximate surface area is 150 Å². The molecule has 3 rings (SSSR count). The van der Waals surface area contributed by atoms with Gasteiger partial charge in [-0.25, -0.2) is 0 Å². The van der Waals surface area contributed by atoms with Crippen LogP contribution in [-0.2, 0) is 4.79 Å². The number of amides is 2. The van der Waals surface area contributed by atoms with E-state index >= 15 is 0 Å². The number of piperazine rings is 1. The lowest BCUT2D eigenvalue weighted by atomic mass is 10.2. The van der Waals surface area contributed by atoms with Gasteiger partial charge in [-0.15, -0.1) is 0 Å². The number of halogens is 1. The van der Waals surface area contributed by atoms with Gasteiger partial charge >= 0.3 is 5.91 Å². The van der Waals surface area contributed by atoms with Gasteiger partial charge in [0.05, 0.1) is 32.4 Å². The molecule has 0 radical (unpaired) electrons. The number of nitrogens with one attached hydrogen (secondary N) is 3. The normalized spacial score (nSPS) is 15.0. The fourth-order valence-electron chi connectivity index (χ4n) is 2.80. The lowest BCUT2D eigenvalue weighted by Crippen LogP contribution is -3.16. The van der Waals surface area contributed by atoms with Crippen molar-refractivity contribution >= 4 is 29.1 Å². The molecule has 0 aliphatic carbocycles. The van der Waals surface area contributed by atoms with Gasteiger partial charge in [0.15, 0.2) is 12.3 Å². The van der Waals surface area contributed by atoms with Gasteiger partial charge in [-0.3, -0.25) is 20.4 Å². The maximum Gasteiger partial charge on any atom is 0.305 e. The number of carbonyl (C=O) groups excluding carboxylic acids is 2. The molecule has 132 valence electrons. The van der Waals surface area contributed by atoms with Crippen molar-refractivity contribution in [2.24, 2.45) is 0 Å². The molecule has 1 saturated heterocycles. The number of benzene rings is 1. The second-order valence-corrected chi connectivity index (χ2v) is 6.31. The third-order valence-electron chi connectivity index (χ3n) is 4.11. The average molecular weight is 364 g/mol. The Hall–Kier alpha value is -2.51. The Morgan fingerprint density at radius 3 is 2.64 bits per heavy atom. The molecular weight excluding hydrogens is 344 g/mol. The molecule has 25 heavy (non-hydrogen) atoms. The van der Waals surface area contributed by atoms with E-state index in [0.29, 0.717) is 6.54 Å². The third kappa shape index (κ3) is 4.74. The Balaban J connectivity index is 1.41. The molecule has 8 heteroatoms. The van der Waals surface area contributed by atoms with Crippen LogP contribution in [0.5, 0.6) is 0 Å². The highest BCUT2D eigenvalue weighted by atomic mass is 35.5. The highest BCUT2D eigenvalue weighted by molar-refractivity contribution is 6.30. The number of anilines is 1. The van der Waals surface area contributed by atoms with Gasteiger partial charge in [0.1, 0.15) is 0 Å². The van der Waals surface area contributed by atoms with E-state index in [1.165, 1.54) is 17.2 Å². The largest absolute Gasteiger partial charge is 0.459 e. The molecule has 2 amide bonds. The number of nitrogens with zero attached hydrogens (tertiary/aromatic N) is 1. The first-order valence-electron chi connectivity index (χ1n) is 8.08. The molecule has 0 atom stereocenters. The summed E-state index contributed by atoms with van der Waals surface area (Å²) in [5, 5.41) is 0.721. The van der Waals surface area contributed by atoms with Crippen molar-refractivity contribution in [1.29, 1.82) is 0 Å². The molecule has 2 heterocycles. The van der Waals surface area contributed by atoms with Gasteiger partial charge in [-0.05, 0) is 30.3 Å². The predicted molar refractivity (Wildman–Crippen MR) is 93.5 cm³/mol. The quantitative estimate of drug-likeness (QED) is 0.673. The Kier molecular flexibility index (Phi) is 5.57. The van der Waals surface area contributed by atoms with Crippen molar-refractivity contribution < 1.29 is 18.9 Å². The molecular formula is C17H20ClN4O3+. The minimum Gasteiger partial charge on any atom is -0.459 e. The first-order chi connectivity index (χ1) is 12.1. The summed E-state index contributed by atoms with van der Waals surface area (Å²) in [5.41, 5.74) is 5.86. The van der Waals surface area contributed by atoms with Gasteiger partial charge in [0, 0.05) is 10.7 Å². The summed E-state index contributed by atoms with van der Waals surface area (Å²) in [7, 11) is 0. The van der Waals surface area contributed by atoms with Gasteiger partial charge in [0.25, 0.3) is 5.91 Å². The zero-order valence-corrected chi connectivity index (χ0v) is 14.4. The van der Waals surface area contributed by atoms with Gasteiger partial charge in [-0.2, -0.15) is 0 Å². The van der Waals surface area contributed by atoms with Crippen LogP contribution < -0.4 is 20.7 Å². The van der Waals surface area contributed by atoms with Crippen LogP contribution in [0.4, 0.5) is 5.69 Å². The number of rotatable bonds is 4. The fourth-order valence-corrected chi connectivity index (χ4v) is 2.98. The molecule has 1 fully saturated rings.